The van der Waals surface area contributed by atoms with Crippen molar-refractivity contribution < 1.29 is 4.74 Å². The van der Waals surface area contributed by atoms with E-state index in [1.807, 2.05) is 0 Å². The molecule has 0 radical (unpaired) electrons. The maximum atomic E-state index is 5.32. The fourth-order valence-corrected chi connectivity index (χ4v) is 2.64. The van der Waals surface area contributed by atoms with E-state index < -0.39 is 0 Å². The normalized spacial score (nSPS) is 12.2. The molecular formula is C17H20O. The molecule has 2 aromatic carbocycles. The Kier molecular flexibility index (Phi) is 3.71. The number of ether oxygens (including phenoxy) is 1. The lowest BCUT2D eigenvalue weighted by Crippen LogP contribution is -2.02. The van der Waals surface area contributed by atoms with Crippen molar-refractivity contribution in [3.05, 3.63) is 64.7 Å². The fraction of sp³-hybridized carbons (Fsp3) is 0.294. The van der Waals surface area contributed by atoms with Crippen LogP contribution in [0.4, 0.5) is 0 Å². The van der Waals surface area contributed by atoms with E-state index in [1.54, 1.807) is 7.11 Å². The second-order valence-electron chi connectivity index (χ2n) is 4.81. The molecule has 1 nitrogen and oxygen atoms in total. The van der Waals surface area contributed by atoms with Gasteiger partial charge >= 0.3 is 0 Å². The largest absolute Gasteiger partial charge is 0.497 e. The summed E-state index contributed by atoms with van der Waals surface area (Å²) < 4.78 is 5.32. The van der Waals surface area contributed by atoms with Crippen molar-refractivity contribution in [3.63, 3.8) is 0 Å². The quantitative estimate of drug-likeness (QED) is 0.769. The second kappa shape index (κ2) is 5.26. The first-order valence-corrected chi connectivity index (χ1v) is 6.33. The van der Waals surface area contributed by atoms with E-state index in [9.17, 15) is 0 Å². The molecule has 0 amide bonds. The highest BCUT2D eigenvalue weighted by molar-refractivity contribution is 5.46. The van der Waals surface area contributed by atoms with Crippen LogP contribution in [0.1, 0.15) is 35.1 Å². The average Bonchev–Trinajstić information content (AvgIpc) is 2.38. The summed E-state index contributed by atoms with van der Waals surface area (Å²) in [6.45, 7) is 6.58. The van der Waals surface area contributed by atoms with Gasteiger partial charge in [0.15, 0.2) is 0 Å². The summed E-state index contributed by atoms with van der Waals surface area (Å²) in [6, 6.07) is 14.9. The summed E-state index contributed by atoms with van der Waals surface area (Å²) in [6.07, 6.45) is 0. The molecule has 0 fully saturated rings. The van der Waals surface area contributed by atoms with Gasteiger partial charge in [0.2, 0.25) is 0 Å². The van der Waals surface area contributed by atoms with E-state index in [-0.39, 0.29) is 0 Å². The summed E-state index contributed by atoms with van der Waals surface area (Å²) in [5.41, 5.74) is 5.35. The Bertz CT molecular complexity index is 506. The molecule has 2 aromatic rings. The van der Waals surface area contributed by atoms with Gasteiger partial charge in [-0.1, -0.05) is 37.3 Å². The molecule has 0 spiro atoms. The number of benzene rings is 2. The third kappa shape index (κ3) is 2.40. The lowest BCUT2D eigenvalue weighted by molar-refractivity contribution is 0.414. The van der Waals surface area contributed by atoms with Crippen LogP contribution in [-0.2, 0) is 0 Å². The highest BCUT2D eigenvalue weighted by Gasteiger charge is 2.14. The van der Waals surface area contributed by atoms with Crippen molar-refractivity contribution >= 4 is 0 Å². The lowest BCUT2D eigenvalue weighted by Gasteiger charge is -2.19. The smallest absolute Gasteiger partial charge is 0.119 e. The predicted octanol–water partition coefficient (Wildman–Crippen LogP) is 4.46. The lowest BCUT2D eigenvalue weighted by atomic mass is 9.87. The fourth-order valence-electron chi connectivity index (χ4n) is 2.64. The molecule has 0 bridgehead atoms. The highest BCUT2D eigenvalue weighted by atomic mass is 16.5. The number of methoxy groups -OCH3 is 1. The summed E-state index contributed by atoms with van der Waals surface area (Å²) in [7, 11) is 1.72. The van der Waals surface area contributed by atoms with Crippen LogP contribution in [0.3, 0.4) is 0 Å². The predicted molar refractivity (Wildman–Crippen MR) is 76.4 cm³/mol. The number of rotatable bonds is 3. The Labute approximate surface area is 109 Å². The molecular weight excluding hydrogens is 220 g/mol. The van der Waals surface area contributed by atoms with E-state index in [2.05, 4.69) is 63.2 Å². The monoisotopic (exact) mass is 240 g/mol. The van der Waals surface area contributed by atoms with Crippen LogP contribution >= 0.6 is 0 Å². The molecule has 0 aliphatic carbocycles. The Balaban J connectivity index is 2.45. The van der Waals surface area contributed by atoms with Gasteiger partial charge in [0, 0.05) is 5.92 Å². The maximum absolute atomic E-state index is 5.32. The van der Waals surface area contributed by atoms with Crippen LogP contribution in [0.2, 0.25) is 0 Å². The minimum Gasteiger partial charge on any atom is -0.497 e. The van der Waals surface area contributed by atoms with Gasteiger partial charge in [-0.15, -0.1) is 0 Å². The standard InChI is InChI=1S/C17H20O/c1-12-10-16(18-4)11-13(2)17(12)14(3)15-8-6-5-7-9-15/h5-11,14H,1-4H3. The van der Waals surface area contributed by atoms with Crippen molar-refractivity contribution in [1.29, 1.82) is 0 Å². The molecule has 0 aromatic heterocycles. The summed E-state index contributed by atoms with van der Waals surface area (Å²) in [5.74, 6) is 1.35. The summed E-state index contributed by atoms with van der Waals surface area (Å²) in [5, 5.41) is 0. The van der Waals surface area contributed by atoms with Crippen molar-refractivity contribution in [2.75, 3.05) is 7.11 Å². The van der Waals surface area contributed by atoms with Gasteiger partial charge < -0.3 is 4.74 Å². The molecule has 1 unspecified atom stereocenters. The molecule has 18 heavy (non-hydrogen) atoms. The Hall–Kier alpha value is -1.76. The van der Waals surface area contributed by atoms with Crippen LogP contribution in [0.25, 0.3) is 0 Å². The van der Waals surface area contributed by atoms with E-state index in [0.717, 1.165) is 5.75 Å². The third-order valence-corrected chi connectivity index (χ3v) is 3.54. The number of aryl methyl sites for hydroxylation is 2. The zero-order valence-electron chi connectivity index (χ0n) is 11.5. The number of hydrogen-bond donors (Lipinski definition) is 0. The van der Waals surface area contributed by atoms with Crippen molar-refractivity contribution in [1.82, 2.24) is 0 Å². The molecule has 0 aliphatic rings. The van der Waals surface area contributed by atoms with Gasteiger partial charge in [-0.3, -0.25) is 0 Å². The van der Waals surface area contributed by atoms with Crippen LogP contribution in [-0.4, -0.2) is 7.11 Å². The van der Waals surface area contributed by atoms with Crippen molar-refractivity contribution in [2.45, 2.75) is 26.7 Å². The Morgan fingerprint density at radius 2 is 1.50 bits per heavy atom. The van der Waals surface area contributed by atoms with Gasteiger partial charge in [0.05, 0.1) is 7.11 Å². The molecule has 0 saturated heterocycles. The molecule has 1 heteroatoms. The van der Waals surface area contributed by atoms with Crippen LogP contribution < -0.4 is 4.74 Å². The first-order chi connectivity index (χ1) is 8.63. The van der Waals surface area contributed by atoms with Crippen molar-refractivity contribution in [3.8, 4) is 5.75 Å². The first kappa shape index (κ1) is 12.7. The molecule has 0 N–H and O–H groups in total. The van der Waals surface area contributed by atoms with Crippen molar-refractivity contribution in [2.24, 2.45) is 0 Å². The zero-order valence-corrected chi connectivity index (χ0v) is 11.5. The Morgan fingerprint density at radius 1 is 0.944 bits per heavy atom. The van der Waals surface area contributed by atoms with E-state index in [4.69, 9.17) is 4.74 Å². The number of hydrogen-bond acceptors (Lipinski definition) is 1. The topological polar surface area (TPSA) is 9.23 Å². The molecule has 0 aliphatic heterocycles. The van der Waals surface area contributed by atoms with E-state index in [1.165, 1.54) is 22.3 Å². The van der Waals surface area contributed by atoms with Gasteiger partial charge in [0.25, 0.3) is 0 Å². The van der Waals surface area contributed by atoms with Crippen LogP contribution in [0, 0.1) is 13.8 Å². The summed E-state index contributed by atoms with van der Waals surface area (Å²) >= 11 is 0. The first-order valence-electron chi connectivity index (χ1n) is 6.33. The summed E-state index contributed by atoms with van der Waals surface area (Å²) in [4.78, 5) is 0. The van der Waals surface area contributed by atoms with E-state index >= 15 is 0 Å². The third-order valence-electron chi connectivity index (χ3n) is 3.54. The Morgan fingerprint density at radius 3 is 2.00 bits per heavy atom. The molecule has 2 rings (SSSR count). The minimum absolute atomic E-state index is 0.414. The molecule has 0 heterocycles. The maximum Gasteiger partial charge on any atom is 0.119 e. The highest BCUT2D eigenvalue weighted by Crippen LogP contribution is 2.32. The SMILES string of the molecule is COc1cc(C)c(C(C)c2ccccc2)c(C)c1. The van der Waals surface area contributed by atoms with Gasteiger partial charge in [-0.05, 0) is 48.2 Å². The molecule has 0 saturated carbocycles. The van der Waals surface area contributed by atoms with Gasteiger partial charge in [-0.25, -0.2) is 0 Å². The molecule has 1 atom stereocenters. The second-order valence-corrected chi connectivity index (χ2v) is 4.81. The van der Waals surface area contributed by atoms with Gasteiger partial charge in [-0.2, -0.15) is 0 Å². The minimum atomic E-state index is 0.414. The van der Waals surface area contributed by atoms with E-state index in [0.29, 0.717) is 5.92 Å². The van der Waals surface area contributed by atoms with Crippen LogP contribution in [0.15, 0.2) is 42.5 Å². The average molecular weight is 240 g/mol. The van der Waals surface area contributed by atoms with Gasteiger partial charge in [0.1, 0.15) is 5.75 Å². The molecule has 94 valence electrons. The zero-order chi connectivity index (χ0) is 13.1. The van der Waals surface area contributed by atoms with Crippen LogP contribution in [0.5, 0.6) is 5.75 Å².